The molecule has 0 aliphatic heterocycles. The molecule has 0 atom stereocenters. The zero-order chi connectivity index (χ0) is 18.8. The first-order valence-electron chi connectivity index (χ1n) is 7.95. The number of nitro benzene ring substituents is 1. The topological polar surface area (TPSA) is 77.5 Å². The quantitative estimate of drug-likeness (QED) is 0.378. The van der Waals surface area contributed by atoms with Crippen LogP contribution in [0.3, 0.4) is 0 Å². The second-order valence-corrected chi connectivity index (χ2v) is 8.62. The van der Waals surface area contributed by atoms with Crippen LogP contribution in [0, 0.1) is 10.1 Å². The second-order valence-electron chi connectivity index (χ2n) is 5.96. The van der Waals surface area contributed by atoms with E-state index >= 15 is 0 Å². The van der Waals surface area contributed by atoms with E-state index in [1.807, 2.05) is 18.2 Å². The number of thiazole rings is 1. The summed E-state index contributed by atoms with van der Waals surface area (Å²) in [5.41, 5.74) is 1.22. The number of nitro groups is 1. The average molecular weight is 387 g/mol. The highest BCUT2D eigenvalue weighted by molar-refractivity contribution is 7.99. The van der Waals surface area contributed by atoms with E-state index in [0.29, 0.717) is 21.1 Å². The first-order valence-corrected chi connectivity index (χ1v) is 9.64. The molecule has 26 heavy (non-hydrogen) atoms. The number of aryl methyl sites for hydroxylation is 1. The SMILES string of the molecule is CC(C)Sc1cccc(C(=O)N=c2sc3ccc([N+](=O)[O-])cc3n2C)c1. The summed E-state index contributed by atoms with van der Waals surface area (Å²) in [7, 11) is 1.75. The maximum absolute atomic E-state index is 12.6. The predicted octanol–water partition coefficient (Wildman–Crippen LogP) is 4.39. The molecule has 0 radical (unpaired) electrons. The van der Waals surface area contributed by atoms with Crippen LogP contribution in [-0.4, -0.2) is 20.6 Å². The zero-order valence-electron chi connectivity index (χ0n) is 14.5. The molecule has 8 heteroatoms. The Hall–Kier alpha value is -2.45. The first-order chi connectivity index (χ1) is 12.3. The Balaban J connectivity index is 2.00. The van der Waals surface area contributed by atoms with Crippen molar-refractivity contribution in [2.75, 3.05) is 0 Å². The Kier molecular flexibility index (Phi) is 5.24. The van der Waals surface area contributed by atoms with Gasteiger partial charge >= 0.3 is 0 Å². The van der Waals surface area contributed by atoms with Gasteiger partial charge in [0.1, 0.15) is 0 Å². The lowest BCUT2D eigenvalue weighted by Gasteiger charge is -2.05. The van der Waals surface area contributed by atoms with E-state index in [1.165, 1.54) is 23.5 Å². The third kappa shape index (κ3) is 3.86. The highest BCUT2D eigenvalue weighted by Crippen LogP contribution is 2.24. The van der Waals surface area contributed by atoms with Crippen molar-refractivity contribution in [3.8, 4) is 0 Å². The summed E-state index contributed by atoms with van der Waals surface area (Å²) in [5.74, 6) is -0.326. The van der Waals surface area contributed by atoms with Crippen LogP contribution < -0.4 is 4.80 Å². The summed E-state index contributed by atoms with van der Waals surface area (Å²) in [5, 5.41) is 11.4. The predicted molar refractivity (Wildman–Crippen MR) is 105 cm³/mol. The number of hydrogen-bond acceptors (Lipinski definition) is 5. The van der Waals surface area contributed by atoms with E-state index in [1.54, 1.807) is 35.5 Å². The van der Waals surface area contributed by atoms with Crippen LogP contribution in [0.25, 0.3) is 10.2 Å². The summed E-state index contributed by atoms with van der Waals surface area (Å²) in [6.45, 7) is 4.19. The fourth-order valence-electron chi connectivity index (χ4n) is 2.46. The van der Waals surface area contributed by atoms with Crippen molar-refractivity contribution in [3.05, 3.63) is 62.9 Å². The third-order valence-corrected chi connectivity index (χ3v) is 5.76. The number of aromatic nitrogens is 1. The molecule has 1 heterocycles. The van der Waals surface area contributed by atoms with Crippen molar-refractivity contribution in [1.82, 2.24) is 4.57 Å². The van der Waals surface area contributed by atoms with Crippen LogP contribution in [0.4, 0.5) is 5.69 Å². The molecule has 0 N–H and O–H groups in total. The number of benzene rings is 2. The van der Waals surface area contributed by atoms with Gasteiger partial charge in [-0.25, -0.2) is 0 Å². The number of non-ortho nitro benzene ring substituents is 1. The van der Waals surface area contributed by atoms with E-state index in [0.717, 1.165) is 9.60 Å². The number of carbonyl (C=O) groups excluding carboxylic acids is 1. The number of carbonyl (C=O) groups is 1. The van der Waals surface area contributed by atoms with Crippen LogP contribution in [0.1, 0.15) is 24.2 Å². The normalized spacial score (nSPS) is 12.1. The summed E-state index contributed by atoms with van der Waals surface area (Å²) in [6, 6.07) is 12.0. The molecular formula is C18H17N3O3S2. The number of amides is 1. The Morgan fingerprint density at radius 2 is 2.04 bits per heavy atom. The zero-order valence-corrected chi connectivity index (χ0v) is 16.1. The Morgan fingerprint density at radius 1 is 1.27 bits per heavy atom. The number of fused-ring (bicyclic) bond motifs is 1. The molecule has 0 saturated heterocycles. The van der Waals surface area contributed by atoms with E-state index in [4.69, 9.17) is 0 Å². The number of hydrogen-bond donors (Lipinski definition) is 0. The Bertz CT molecular complexity index is 1070. The highest BCUT2D eigenvalue weighted by atomic mass is 32.2. The lowest BCUT2D eigenvalue weighted by molar-refractivity contribution is -0.384. The van der Waals surface area contributed by atoms with Crippen molar-refractivity contribution >= 4 is 44.9 Å². The molecule has 3 rings (SSSR count). The van der Waals surface area contributed by atoms with Gasteiger partial charge in [-0.1, -0.05) is 31.3 Å². The average Bonchev–Trinajstić information content (AvgIpc) is 2.90. The minimum atomic E-state index is -0.434. The molecule has 0 unspecified atom stereocenters. The lowest BCUT2D eigenvalue weighted by Crippen LogP contribution is -2.13. The summed E-state index contributed by atoms with van der Waals surface area (Å²) >= 11 is 3.02. The van der Waals surface area contributed by atoms with Gasteiger partial charge in [-0.3, -0.25) is 14.9 Å². The molecule has 0 aliphatic carbocycles. The van der Waals surface area contributed by atoms with E-state index in [2.05, 4.69) is 18.8 Å². The maximum Gasteiger partial charge on any atom is 0.279 e. The first kappa shape index (κ1) is 18.3. The minimum Gasteiger partial charge on any atom is -0.319 e. The monoisotopic (exact) mass is 387 g/mol. The standard InChI is InChI=1S/C18H17N3O3S2/c1-11(2)25-14-6-4-5-12(9-14)17(22)19-18-20(3)15-10-13(21(23)24)7-8-16(15)26-18/h4-11H,1-3H3. The minimum absolute atomic E-state index is 0.0159. The van der Waals surface area contributed by atoms with Crippen molar-refractivity contribution < 1.29 is 9.72 Å². The van der Waals surface area contributed by atoms with Gasteiger partial charge in [0.2, 0.25) is 0 Å². The van der Waals surface area contributed by atoms with E-state index in [9.17, 15) is 14.9 Å². The van der Waals surface area contributed by atoms with Crippen molar-refractivity contribution in [2.45, 2.75) is 24.0 Å². The van der Waals surface area contributed by atoms with Crippen LogP contribution in [-0.2, 0) is 7.05 Å². The largest absolute Gasteiger partial charge is 0.319 e. The molecule has 1 amide bonds. The molecular weight excluding hydrogens is 370 g/mol. The number of rotatable bonds is 4. The smallest absolute Gasteiger partial charge is 0.279 e. The van der Waals surface area contributed by atoms with Gasteiger partial charge < -0.3 is 4.57 Å². The van der Waals surface area contributed by atoms with Gasteiger partial charge in [-0.15, -0.1) is 11.8 Å². The molecule has 0 bridgehead atoms. The van der Waals surface area contributed by atoms with Crippen molar-refractivity contribution in [2.24, 2.45) is 12.0 Å². The summed E-state index contributed by atoms with van der Waals surface area (Å²) in [4.78, 5) is 28.8. The van der Waals surface area contributed by atoms with Crippen molar-refractivity contribution in [1.29, 1.82) is 0 Å². The molecule has 2 aromatic carbocycles. The summed E-state index contributed by atoms with van der Waals surface area (Å²) in [6.07, 6.45) is 0. The van der Waals surface area contributed by atoms with Crippen LogP contribution in [0.15, 0.2) is 52.4 Å². The third-order valence-electron chi connectivity index (χ3n) is 3.65. The number of nitrogens with zero attached hydrogens (tertiary/aromatic N) is 3. The van der Waals surface area contributed by atoms with E-state index < -0.39 is 4.92 Å². The van der Waals surface area contributed by atoms with Gasteiger partial charge in [0.15, 0.2) is 4.80 Å². The second kappa shape index (κ2) is 7.43. The maximum atomic E-state index is 12.6. The molecule has 134 valence electrons. The molecule has 3 aromatic rings. The van der Waals surface area contributed by atoms with Gasteiger partial charge in [-0.05, 0) is 24.3 Å². The van der Waals surface area contributed by atoms with Gasteiger partial charge in [0.05, 0.1) is 15.1 Å². The summed E-state index contributed by atoms with van der Waals surface area (Å²) < 4.78 is 2.55. The lowest BCUT2D eigenvalue weighted by atomic mass is 10.2. The molecule has 0 aliphatic rings. The van der Waals surface area contributed by atoms with E-state index in [-0.39, 0.29) is 11.6 Å². The van der Waals surface area contributed by atoms with Crippen molar-refractivity contribution in [3.63, 3.8) is 0 Å². The van der Waals surface area contributed by atoms with Gasteiger partial charge in [-0.2, -0.15) is 4.99 Å². The van der Waals surface area contributed by atoms with Crippen LogP contribution in [0.5, 0.6) is 0 Å². The molecule has 6 nitrogen and oxygen atoms in total. The fraction of sp³-hybridized carbons (Fsp3) is 0.222. The fourth-order valence-corrected chi connectivity index (χ4v) is 4.35. The molecule has 1 aromatic heterocycles. The Morgan fingerprint density at radius 3 is 2.73 bits per heavy atom. The highest BCUT2D eigenvalue weighted by Gasteiger charge is 2.12. The van der Waals surface area contributed by atoms with Gasteiger partial charge in [0, 0.05) is 34.9 Å². The number of thioether (sulfide) groups is 1. The van der Waals surface area contributed by atoms with Crippen LogP contribution in [0.2, 0.25) is 0 Å². The van der Waals surface area contributed by atoms with Crippen LogP contribution >= 0.6 is 23.1 Å². The molecule has 0 saturated carbocycles. The Labute approximate surface area is 158 Å². The van der Waals surface area contributed by atoms with Gasteiger partial charge in [0.25, 0.3) is 11.6 Å². The molecule has 0 fully saturated rings. The molecule has 0 spiro atoms.